The van der Waals surface area contributed by atoms with Gasteiger partial charge in [0.25, 0.3) is 0 Å². The zero-order chi connectivity index (χ0) is 11.1. The van der Waals surface area contributed by atoms with E-state index in [2.05, 4.69) is 17.9 Å². The first-order valence-corrected chi connectivity index (χ1v) is 5.24. The van der Waals surface area contributed by atoms with Crippen LogP contribution < -0.4 is 5.32 Å². The lowest BCUT2D eigenvalue weighted by atomic mass is 10.2. The van der Waals surface area contributed by atoms with E-state index in [1.54, 1.807) is 20.8 Å². The van der Waals surface area contributed by atoms with Crippen LogP contribution in [0.5, 0.6) is 0 Å². The fourth-order valence-corrected chi connectivity index (χ4v) is 1.00. The van der Waals surface area contributed by atoms with Gasteiger partial charge < -0.3 is 10.1 Å². The maximum atomic E-state index is 11.3. The maximum Gasteiger partial charge on any atom is 0.329 e. The van der Waals surface area contributed by atoms with Crippen LogP contribution in [0, 0.1) is 5.92 Å². The minimum Gasteiger partial charge on any atom is -0.464 e. The molecule has 0 saturated carbocycles. The van der Waals surface area contributed by atoms with Crippen LogP contribution in [0.15, 0.2) is 0 Å². The van der Waals surface area contributed by atoms with E-state index < -0.39 is 12.0 Å². The van der Waals surface area contributed by atoms with Gasteiger partial charge in [-0.3, -0.25) is 4.79 Å². The van der Waals surface area contributed by atoms with Crippen molar-refractivity contribution in [3.05, 3.63) is 0 Å². The third-order valence-electron chi connectivity index (χ3n) is 1.59. The Kier molecular flexibility index (Phi) is 6.36. The van der Waals surface area contributed by atoms with Gasteiger partial charge >= 0.3 is 5.97 Å². The molecular weight excluding hydrogens is 202 g/mol. The van der Waals surface area contributed by atoms with Gasteiger partial charge in [-0.1, -0.05) is 13.8 Å². The SMILES string of the molecule is CCOC(=O)[C@H](CS)NC(=O)C(C)C. The average Bonchev–Trinajstić information content (AvgIpc) is 2.13. The predicted octanol–water partition coefficient (Wildman–Crippen LogP) is 0.620. The van der Waals surface area contributed by atoms with E-state index in [0.29, 0.717) is 6.61 Å². The maximum absolute atomic E-state index is 11.3. The molecule has 0 spiro atoms. The quantitative estimate of drug-likeness (QED) is 0.526. The molecule has 1 N–H and O–H groups in total. The second-order valence-corrected chi connectivity index (χ2v) is 3.52. The number of hydrogen-bond acceptors (Lipinski definition) is 4. The number of ether oxygens (including phenoxy) is 1. The Morgan fingerprint density at radius 2 is 2.00 bits per heavy atom. The van der Waals surface area contributed by atoms with Crippen molar-refractivity contribution in [3.8, 4) is 0 Å². The molecule has 1 atom stereocenters. The summed E-state index contributed by atoms with van der Waals surface area (Å²) in [5, 5.41) is 2.56. The third kappa shape index (κ3) is 4.50. The smallest absolute Gasteiger partial charge is 0.329 e. The van der Waals surface area contributed by atoms with E-state index >= 15 is 0 Å². The Hall–Kier alpha value is -0.710. The van der Waals surface area contributed by atoms with Gasteiger partial charge in [-0.2, -0.15) is 12.6 Å². The summed E-state index contributed by atoms with van der Waals surface area (Å²) in [6, 6.07) is -0.645. The van der Waals surface area contributed by atoms with E-state index in [1.807, 2.05) is 0 Å². The lowest BCUT2D eigenvalue weighted by molar-refractivity contribution is -0.147. The van der Waals surface area contributed by atoms with Gasteiger partial charge in [-0.15, -0.1) is 0 Å². The zero-order valence-electron chi connectivity index (χ0n) is 8.74. The van der Waals surface area contributed by atoms with Crippen LogP contribution in [0.1, 0.15) is 20.8 Å². The number of rotatable bonds is 5. The van der Waals surface area contributed by atoms with E-state index in [-0.39, 0.29) is 17.6 Å². The van der Waals surface area contributed by atoms with Crippen LogP contribution in [-0.2, 0) is 14.3 Å². The normalized spacial score (nSPS) is 12.4. The fraction of sp³-hybridized carbons (Fsp3) is 0.778. The fourth-order valence-electron chi connectivity index (χ4n) is 0.760. The van der Waals surface area contributed by atoms with Gasteiger partial charge in [0.05, 0.1) is 6.61 Å². The highest BCUT2D eigenvalue weighted by atomic mass is 32.1. The molecule has 0 fully saturated rings. The van der Waals surface area contributed by atoms with Crippen LogP contribution in [-0.4, -0.2) is 30.3 Å². The largest absolute Gasteiger partial charge is 0.464 e. The molecule has 4 nitrogen and oxygen atoms in total. The Balaban J connectivity index is 4.15. The van der Waals surface area contributed by atoms with Gasteiger partial charge in [0.1, 0.15) is 6.04 Å². The summed E-state index contributed by atoms with van der Waals surface area (Å²) in [6.45, 7) is 5.55. The third-order valence-corrected chi connectivity index (χ3v) is 1.96. The number of carbonyl (C=O) groups excluding carboxylic acids is 2. The number of carbonyl (C=O) groups is 2. The van der Waals surface area contributed by atoms with E-state index in [9.17, 15) is 9.59 Å². The molecule has 0 unspecified atom stereocenters. The predicted molar refractivity (Wildman–Crippen MR) is 57.3 cm³/mol. The highest BCUT2D eigenvalue weighted by Crippen LogP contribution is 1.97. The minimum atomic E-state index is -0.645. The molecule has 0 aromatic heterocycles. The lowest BCUT2D eigenvalue weighted by Crippen LogP contribution is -2.44. The summed E-state index contributed by atoms with van der Waals surface area (Å²) in [7, 11) is 0. The number of thiol groups is 1. The Bertz CT molecular complexity index is 206. The lowest BCUT2D eigenvalue weighted by Gasteiger charge is -2.16. The number of nitrogens with one attached hydrogen (secondary N) is 1. The Morgan fingerprint density at radius 1 is 1.43 bits per heavy atom. The highest BCUT2D eigenvalue weighted by molar-refractivity contribution is 7.80. The standard InChI is InChI=1S/C9H17NO3S/c1-4-13-9(12)7(5-14)10-8(11)6(2)3/h6-7,14H,4-5H2,1-3H3,(H,10,11)/t7-/m0/s1. The molecule has 0 aliphatic heterocycles. The summed E-state index contributed by atoms with van der Waals surface area (Å²) in [5.74, 6) is -0.502. The monoisotopic (exact) mass is 219 g/mol. The van der Waals surface area contributed by atoms with Crippen molar-refractivity contribution >= 4 is 24.5 Å². The van der Waals surface area contributed by atoms with Crippen LogP contribution in [0.3, 0.4) is 0 Å². The van der Waals surface area contributed by atoms with Crippen LogP contribution in [0.25, 0.3) is 0 Å². The first kappa shape index (κ1) is 13.3. The molecule has 0 bridgehead atoms. The molecule has 0 rings (SSSR count). The molecule has 0 aromatic rings. The van der Waals surface area contributed by atoms with Crippen LogP contribution >= 0.6 is 12.6 Å². The molecule has 0 aliphatic carbocycles. The van der Waals surface area contributed by atoms with Crippen LogP contribution in [0.2, 0.25) is 0 Å². The molecule has 0 heterocycles. The van der Waals surface area contributed by atoms with Crippen molar-refractivity contribution in [2.75, 3.05) is 12.4 Å². The molecule has 1 amide bonds. The van der Waals surface area contributed by atoms with Gasteiger partial charge in [-0.25, -0.2) is 4.79 Å². The summed E-state index contributed by atoms with van der Waals surface area (Å²) >= 11 is 3.98. The topological polar surface area (TPSA) is 55.4 Å². The van der Waals surface area contributed by atoms with E-state index in [0.717, 1.165) is 0 Å². The van der Waals surface area contributed by atoms with Crippen LogP contribution in [0.4, 0.5) is 0 Å². The van der Waals surface area contributed by atoms with Gasteiger partial charge in [-0.05, 0) is 6.92 Å². The summed E-state index contributed by atoms with van der Waals surface area (Å²) in [6.07, 6.45) is 0. The number of esters is 1. The summed E-state index contributed by atoms with van der Waals surface area (Å²) in [5.41, 5.74) is 0. The summed E-state index contributed by atoms with van der Waals surface area (Å²) in [4.78, 5) is 22.5. The molecule has 0 saturated heterocycles. The summed E-state index contributed by atoms with van der Waals surface area (Å²) < 4.78 is 4.77. The van der Waals surface area contributed by atoms with E-state index in [4.69, 9.17) is 4.74 Å². The molecule has 82 valence electrons. The van der Waals surface area contributed by atoms with Crippen molar-refractivity contribution < 1.29 is 14.3 Å². The first-order chi connectivity index (χ1) is 6.52. The van der Waals surface area contributed by atoms with Crippen molar-refractivity contribution in [3.63, 3.8) is 0 Å². The molecular formula is C9H17NO3S. The molecule has 0 aromatic carbocycles. The van der Waals surface area contributed by atoms with Crippen molar-refractivity contribution in [1.29, 1.82) is 0 Å². The number of hydrogen-bond donors (Lipinski definition) is 2. The highest BCUT2D eigenvalue weighted by Gasteiger charge is 2.21. The van der Waals surface area contributed by atoms with Crippen molar-refractivity contribution in [2.24, 2.45) is 5.92 Å². The molecule has 0 aliphatic rings. The average molecular weight is 219 g/mol. The Labute approximate surface area is 89.8 Å². The van der Waals surface area contributed by atoms with Crippen molar-refractivity contribution in [1.82, 2.24) is 5.32 Å². The second-order valence-electron chi connectivity index (χ2n) is 3.15. The zero-order valence-corrected chi connectivity index (χ0v) is 9.64. The number of amides is 1. The second kappa shape index (κ2) is 6.70. The molecule has 5 heteroatoms. The van der Waals surface area contributed by atoms with Gasteiger partial charge in [0.15, 0.2) is 0 Å². The first-order valence-electron chi connectivity index (χ1n) is 4.60. The molecule has 0 radical (unpaired) electrons. The van der Waals surface area contributed by atoms with E-state index in [1.165, 1.54) is 0 Å². The van der Waals surface area contributed by atoms with Gasteiger partial charge in [0, 0.05) is 11.7 Å². The van der Waals surface area contributed by atoms with Gasteiger partial charge in [0.2, 0.25) is 5.91 Å². The molecule has 14 heavy (non-hydrogen) atoms. The minimum absolute atomic E-state index is 0.146. The van der Waals surface area contributed by atoms with Crippen molar-refractivity contribution in [2.45, 2.75) is 26.8 Å². The Morgan fingerprint density at radius 3 is 2.36 bits per heavy atom.